The molecule has 0 aromatic carbocycles. The quantitative estimate of drug-likeness (QED) is 0.0169. The van der Waals surface area contributed by atoms with Crippen molar-refractivity contribution >= 4 is 39.5 Å². The number of carbonyl (C=O) groups excluding carboxylic acids is 4. The van der Waals surface area contributed by atoms with E-state index in [1.807, 2.05) is 12.2 Å². The van der Waals surface area contributed by atoms with Gasteiger partial charge in [0.15, 0.2) is 12.2 Å². The lowest BCUT2D eigenvalue weighted by atomic mass is 10.0. The highest BCUT2D eigenvalue weighted by atomic mass is 31.2. The van der Waals surface area contributed by atoms with E-state index in [2.05, 4.69) is 149 Å². The molecule has 3 N–H and O–H groups in total. The van der Waals surface area contributed by atoms with Gasteiger partial charge in [-0.1, -0.05) is 315 Å². The number of allylic oxidation sites excluding steroid dienone is 22. The third-order valence-corrected chi connectivity index (χ3v) is 19.0. The van der Waals surface area contributed by atoms with Gasteiger partial charge in [0.2, 0.25) is 0 Å². The van der Waals surface area contributed by atoms with E-state index in [1.54, 1.807) is 0 Å². The normalized spacial score (nSPS) is 14.5. The van der Waals surface area contributed by atoms with E-state index in [0.717, 1.165) is 186 Å². The molecule has 0 rings (SSSR count). The summed E-state index contributed by atoms with van der Waals surface area (Å²) in [5.74, 6) is -2.25. The number of phosphoric acid groups is 2. The molecule has 0 aromatic rings. The van der Waals surface area contributed by atoms with Gasteiger partial charge in [0.05, 0.1) is 26.4 Å². The zero-order valence-electron chi connectivity index (χ0n) is 66.6. The number of carbonyl (C=O) groups is 4. The van der Waals surface area contributed by atoms with Crippen molar-refractivity contribution in [2.75, 3.05) is 39.6 Å². The van der Waals surface area contributed by atoms with Gasteiger partial charge < -0.3 is 33.8 Å². The highest BCUT2D eigenvalue weighted by Gasteiger charge is 2.30. The zero-order valence-corrected chi connectivity index (χ0v) is 68.4. The number of unbranched alkanes of at least 4 members (excludes halogenated alkanes) is 29. The second-order valence-corrected chi connectivity index (χ2v) is 30.2. The molecule has 0 aliphatic rings. The fourth-order valence-electron chi connectivity index (χ4n) is 10.9. The maximum absolute atomic E-state index is 13.1. The lowest BCUT2D eigenvalue weighted by Crippen LogP contribution is -2.30. The van der Waals surface area contributed by atoms with Gasteiger partial charge in [-0.2, -0.15) is 0 Å². The van der Waals surface area contributed by atoms with Gasteiger partial charge in [0.1, 0.15) is 19.3 Å². The molecule has 0 saturated heterocycles. The third-order valence-electron chi connectivity index (χ3n) is 17.1. The Morgan fingerprint density at radius 1 is 0.274 bits per heavy atom. The van der Waals surface area contributed by atoms with Crippen molar-refractivity contribution in [3.63, 3.8) is 0 Å². The Bertz CT molecular complexity index is 2530. The van der Waals surface area contributed by atoms with Crippen molar-refractivity contribution < 1.29 is 80.2 Å². The number of esters is 4. The first-order valence-corrected chi connectivity index (χ1v) is 44.4. The summed E-state index contributed by atoms with van der Waals surface area (Å²) >= 11 is 0. The van der Waals surface area contributed by atoms with Crippen LogP contribution in [0.3, 0.4) is 0 Å². The molecule has 0 aromatic heterocycles. The second kappa shape index (κ2) is 78.3. The molecule has 0 aliphatic heterocycles. The fraction of sp³-hybridized carbons (Fsp3) is 0.701. The van der Waals surface area contributed by atoms with Crippen LogP contribution < -0.4 is 0 Å². The van der Waals surface area contributed by atoms with Gasteiger partial charge in [-0.25, -0.2) is 9.13 Å². The summed E-state index contributed by atoms with van der Waals surface area (Å²) in [7, 11) is -9.98. The van der Waals surface area contributed by atoms with Crippen LogP contribution in [0.4, 0.5) is 0 Å². The lowest BCUT2D eigenvalue weighted by molar-refractivity contribution is -0.161. The van der Waals surface area contributed by atoms with Gasteiger partial charge in [0, 0.05) is 25.7 Å². The zero-order chi connectivity index (χ0) is 77.4. The Balaban J connectivity index is 5.42. The molecule has 19 heteroatoms. The Morgan fingerprint density at radius 3 is 0.792 bits per heavy atom. The molecule has 608 valence electrons. The van der Waals surface area contributed by atoms with Crippen LogP contribution in [-0.2, 0) is 65.4 Å². The highest BCUT2D eigenvalue weighted by molar-refractivity contribution is 7.47. The van der Waals surface area contributed by atoms with Crippen molar-refractivity contribution in [3.05, 3.63) is 134 Å². The molecule has 0 fully saturated rings. The third kappa shape index (κ3) is 77.4. The summed E-state index contributed by atoms with van der Waals surface area (Å²) in [6, 6.07) is 0. The van der Waals surface area contributed by atoms with Crippen molar-refractivity contribution in [2.45, 2.75) is 354 Å². The lowest BCUT2D eigenvalue weighted by Gasteiger charge is -2.21. The van der Waals surface area contributed by atoms with Gasteiger partial charge in [-0.3, -0.25) is 37.3 Å². The first-order valence-electron chi connectivity index (χ1n) is 41.4. The van der Waals surface area contributed by atoms with E-state index >= 15 is 0 Å². The minimum atomic E-state index is -5.00. The number of hydrogen-bond acceptors (Lipinski definition) is 15. The number of aliphatic hydroxyl groups is 1. The minimum absolute atomic E-state index is 0.0688. The SMILES string of the molecule is CC/C=C\C/C=C\C/C=C\C/C=C\C/C=C\CCCC(=O)OCC(COP(=O)(O)OCC(O)COP(=O)(O)OCC(COC(=O)CCCCCCCCC/C=C\C/C=C\C/C=C\CC)OC(=O)CCCCCCCCCCCCCCCCC)OC(=O)CCCCCCCCC/C=C\C/C=C\C/C=C\CC. The van der Waals surface area contributed by atoms with E-state index in [4.69, 9.17) is 37.0 Å². The largest absolute Gasteiger partial charge is 0.472 e. The van der Waals surface area contributed by atoms with Crippen LogP contribution >= 0.6 is 15.6 Å². The van der Waals surface area contributed by atoms with Gasteiger partial charge in [0.25, 0.3) is 0 Å². The maximum Gasteiger partial charge on any atom is 0.472 e. The van der Waals surface area contributed by atoms with Crippen LogP contribution in [-0.4, -0.2) is 96.7 Å². The summed E-state index contributed by atoms with van der Waals surface area (Å²) in [5, 5.41) is 10.7. The van der Waals surface area contributed by atoms with E-state index in [-0.39, 0.29) is 25.7 Å². The van der Waals surface area contributed by atoms with Crippen LogP contribution in [0.25, 0.3) is 0 Å². The van der Waals surface area contributed by atoms with Crippen LogP contribution in [0.5, 0.6) is 0 Å². The van der Waals surface area contributed by atoms with Crippen molar-refractivity contribution in [1.29, 1.82) is 0 Å². The molecule has 0 bridgehead atoms. The van der Waals surface area contributed by atoms with Gasteiger partial charge >= 0.3 is 39.5 Å². The van der Waals surface area contributed by atoms with Gasteiger partial charge in [-0.15, -0.1) is 0 Å². The molecule has 106 heavy (non-hydrogen) atoms. The summed E-state index contributed by atoms with van der Waals surface area (Å²) in [5.41, 5.74) is 0. The number of phosphoric ester groups is 2. The first-order chi connectivity index (χ1) is 51.7. The summed E-state index contributed by atoms with van der Waals surface area (Å²) in [6.07, 6.45) is 88.5. The Hall–Kier alpha value is -4.80. The van der Waals surface area contributed by atoms with Crippen molar-refractivity contribution in [2.24, 2.45) is 0 Å². The molecular weight excluding hydrogens is 1380 g/mol. The average Bonchev–Trinajstić information content (AvgIpc) is 0.902. The predicted molar refractivity (Wildman–Crippen MR) is 436 cm³/mol. The van der Waals surface area contributed by atoms with Crippen LogP contribution in [0, 0.1) is 0 Å². The Morgan fingerprint density at radius 2 is 0.500 bits per heavy atom. The minimum Gasteiger partial charge on any atom is -0.462 e. The number of ether oxygens (including phenoxy) is 4. The second-order valence-electron chi connectivity index (χ2n) is 27.3. The first kappa shape index (κ1) is 101. The van der Waals surface area contributed by atoms with Gasteiger partial charge in [-0.05, 0) is 128 Å². The number of rotatable bonds is 77. The Labute approximate surface area is 644 Å². The monoisotopic (exact) mass is 1530 g/mol. The summed E-state index contributed by atoms with van der Waals surface area (Å²) in [4.78, 5) is 73.2. The molecular formula is C87H148O17P2. The highest BCUT2D eigenvalue weighted by Crippen LogP contribution is 2.45. The molecule has 0 heterocycles. The van der Waals surface area contributed by atoms with E-state index in [0.29, 0.717) is 32.1 Å². The molecule has 5 atom stereocenters. The molecule has 0 amide bonds. The van der Waals surface area contributed by atoms with Crippen LogP contribution in [0.1, 0.15) is 336 Å². The van der Waals surface area contributed by atoms with Crippen molar-refractivity contribution in [1.82, 2.24) is 0 Å². The smallest absolute Gasteiger partial charge is 0.462 e. The average molecular weight is 1530 g/mol. The number of hydrogen-bond donors (Lipinski definition) is 3. The van der Waals surface area contributed by atoms with E-state index in [9.17, 15) is 43.2 Å². The standard InChI is InChI=1S/C87H148O17P2/c1-5-9-13-17-21-25-29-33-37-40-44-47-51-55-59-63-67-71-84(89)97-77-82(103-86(91)73-69-65-61-57-53-49-43-36-32-28-24-20-16-12-8-4)79-101-105(93,94)99-75-81(88)76-100-106(95,96)102-80-83(104-87(92)74-70-66-62-58-54-50-46-42-39-35-31-27-23-19-15-11-7-3)78-98-85(90)72-68-64-60-56-52-48-45-41-38-34-30-26-22-18-14-10-6-2/h9-11,13-15,21-23,25-27,33-35,37-39,45,48,56,60,81-83,88H,5-8,12,16-20,24,28-32,36,40-44,46-47,49-55,57-59,61-80H2,1-4H3,(H,93,94)(H,95,96)/b13-9-,14-10-,15-11-,25-21-,26-22-,27-23-,37-33-,38-34-,39-35-,48-45-,60-56-. The predicted octanol–water partition coefficient (Wildman–Crippen LogP) is 24.4. The Kier molecular flexibility index (Phi) is 74.8. The van der Waals surface area contributed by atoms with Crippen LogP contribution in [0.15, 0.2) is 134 Å². The van der Waals surface area contributed by atoms with E-state index < -0.39 is 97.5 Å². The summed E-state index contributed by atoms with van der Waals surface area (Å²) in [6.45, 7) is 4.50. The number of aliphatic hydroxyl groups excluding tert-OH is 1. The molecule has 0 aliphatic carbocycles. The van der Waals surface area contributed by atoms with Crippen molar-refractivity contribution in [3.8, 4) is 0 Å². The molecule has 0 radical (unpaired) electrons. The maximum atomic E-state index is 13.1. The van der Waals surface area contributed by atoms with E-state index in [1.165, 1.54) is 64.2 Å². The molecule has 0 spiro atoms. The fourth-order valence-corrected chi connectivity index (χ4v) is 12.5. The molecule has 0 saturated carbocycles. The molecule has 5 unspecified atom stereocenters. The molecule has 17 nitrogen and oxygen atoms in total. The summed E-state index contributed by atoms with van der Waals surface area (Å²) < 4.78 is 68.7. The van der Waals surface area contributed by atoms with Crippen LogP contribution in [0.2, 0.25) is 0 Å². The topological polar surface area (TPSA) is 237 Å².